The number of ether oxygens (including phenoxy) is 4. The highest BCUT2D eigenvalue weighted by Crippen LogP contribution is 2.33. The van der Waals surface area contributed by atoms with Crippen LogP contribution in [0.1, 0.15) is 27.7 Å². The van der Waals surface area contributed by atoms with Crippen LogP contribution in [-0.4, -0.2) is 96.6 Å². The van der Waals surface area contributed by atoms with Gasteiger partial charge in [-0.2, -0.15) is 0 Å². The number of carbonyl (C=O) groups is 2. The van der Waals surface area contributed by atoms with Gasteiger partial charge in [0.05, 0.1) is 52.6 Å². The highest BCUT2D eigenvalue weighted by atomic mass is 16.6. The van der Waals surface area contributed by atoms with E-state index in [2.05, 4.69) is 0 Å². The summed E-state index contributed by atoms with van der Waals surface area (Å²) in [4.78, 5) is 29.0. The molecule has 156 valence electrons. The van der Waals surface area contributed by atoms with Crippen LogP contribution in [0.15, 0.2) is 12.2 Å². The second-order valence-corrected chi connectivity index (χ2v) is 9.68. The smallest absolute Gasteiger partial charge is 0.246 e. The molecule has 4 atom stereocenters. The topological polar surface area (TPSA) is 90.7 Å². The molecule has 0 aromatic carbocycles. The van der Waals surface area contributed by atoms with Gasteiger partial charge in [0.25, 0.3) is 0 Å². The molecule has 0 aromatic rings. The predicted octanol–water partition coefficient (Wildman–Crippen LogP) is 0.355. The van der Waals surface area contributed by atoms with Crippen LogP contribution in [0, 0.1) is 0 Å². The minimum Gasteiger partial charge on any atom is -0.368 e. The molecule has 8 heteroatoms. The Balaban J connectivity index is 1.39. The quantitative estimate of drug-likeness (QED) is 0.392. The third-order valence-corrected chi connectivity index (χ3v) is 5.64. The summed E-state index contributed by atoms with van der Waals surface area (Å²) in [5, 5.41) is 0. The lowest BCUT2D eigenvalue weighted by atomic mass is 10.1. The van der Waals surface area contributed by atoms with E-state index >= 15 is 0 Å². The molecule has 4 saturated heterocycles. The summed E-state index contributed by atoms with van der Waals surface area (Å²) in [5.41, 5.74) is -1.16. The van der Waals surface area contributed by atoms with E-state index in [4.69, 9.17) is 18.9 Å². The Morgan fingerprint density at radius 3 is 1.04 bits per heavy atom. The number of carbonyl (C=O) groups excluding carboxylic acids is 2. The molecule has 0 spiro atoms. The van der Waals surface area contributed by atoms with Crippen molar-refractivity contribution < 1.29 is 28.5 Å². The second-order valence-electron chi connectivity index (χ2n) is 9.68. The van der Waals surface area contributed by atoms with Crippen molar-refractivity contribution in [1.29, 1.82) is 0 Å². The molecular formula is C20H30N2O6. The Morgan fingerprint density at radius 1 is 0.643 bits per heavy atom. The number of hydrogen-bond acceptors (Lipinski definition) is 6. The molecule has 0 bridgehead atoms. The zero-order valence-corrected chi connectivity index (χ0v) is 17.2. The Labute approximate surface area is 165 Å². The van der Waals surface area contributed by atoms with Gasteiger partial charge >= 0.3 is 0 Å². The van der Waals surface area contributed by atoms with Crippen LogP contribution in [0.5, 0.6) is 0 Å². The van der Waals surface area contributed by atoms with Crippen LogP contribution in [0.4, 0.5) is 0 Å². The van der Waals surface area contributed by atoms with E-state index in [1.54, 1.807) is 9.80 Å². The molecule has 0 saturated carbocycles. The maximum atomic E-state index is 12.8. The van der Waals surface area contributed by atoms with Crippen molar-refractivity contribution in [3.8, 4) is 0 Å². The fourth-order valence-corrected chi connectivity index (χ4v) is 3.25. The number of nitrogens with zero attached hydrogens (tertiary/aromatic N) is 2. The van der Waals surface area contributed by atoms with Crippen molar-refractivity contribution in [1.82, 2.24) is 9.80 Å². The molecule has 8 nitrogen and oxygen atoms in total. The van der Waals surface area contributed by atoms with Crippen LogP contribution in [-0.2, 0) is 28.5 Å². The predicted molar refractivity (Wildman–Crippen MR) is 99.7 cm³/mol. The summed E-state index contributed by atoms with van der Waals surface area (Å²) in [6, 6.07) is 0. The van der Waals surface area contributed by atoms with E-state index in [-0.39, 0.29) is 34.2 Å². The van der Waals surface area contributed by atoms with E-state index in [1.807, 2.05) is 27.7 Å². The average molecular weight is 394 g/mol. The van der Waals surface area contributed by atoms with E-state index < -0.39 is 0 Å². The molecule has 0 N–H and O–H groups in total. The molecule has 2 amide bonds. The van der Waals surface area contributed by atoms with Gasteiger partial charge in [-0.25, -0.2) is 0 Å². The van der Waals surface area contributed by atoms with E-state index in [0.29, 0.717) is 52.6 Å². The van der Waals surface area contributed by atoms with Crippen LogP contribution in [0.3, 0.4) is 0 Å². The molecule has 4 heterocycles. The number of rotatable bonds is 10. The summed E-state index contributed by atoms with van der Waals surface area (Å²) in [6.45, 7) is 12.4. The Morgan fingerprint density at radius 2 is 0.857 bits per heavy atom. The minimum absolute atomic E-state index is 0.204. The SMILES string of the molecule is CC1(CN(CC2(C)CO2)C(=O)/C=C/C(=O)N(CC2(C)CO2)CC2(C)CO2)CO1. The number of epoxide rings is 4. The zero-order valence-electron chi connectivity index (χ0n) is 17.2. The highest BCUT2D eigenvalue weighted by Gasteiger charge is 2.48. The van der Waals surface area contributed by atoms with Crippen molar-refractivity contribution >= 4 is 11.8 Å². The first-order chi connectivity index (χ1) is 13.0. The first-order valence-corrected chi connectivity index (χ1v) is 9.83. The third-order valence-electron chi connectivity index (χ3n) is 5.64. The lowest BCUT2D eigenvalue weighted by Crippen LogP contribution is -2.43. The molecule has 4 fully saturated rings. The highest BCUT2D eigenvalue weighted by molar-refractivity contribution is 5.97. The number of hydrogen-bond donors (Lipinski definition) is 0. The molecule has 4 rings (SSSR count). The van der Waals surface area contributed by atoms with Crippen molar-refractivity contribution in [2.24, 2.45) is 0 Å². The Bertz CT molecular complexity index is 591. The van der Waals surface area contributed by atoms with Crippen LogP contribution in [0.25, 0.3) is 0 Å². The Kier molecular flexibility index (Phi) is 4.61. The van der Waals surface area contributed by atoms with Crippen LogP contribution >= 0.6 is 0 Å². The largest absolute Gasteiger partial charge is 0.368 e. The van der Waals surface area contributed by atoms with Gasteiger partial charge in [0, 0.05) is 12.2 Å². The fourth-order valence-electron chi connectivity index (χ4n) is 3.25. The van der Waals surface area contributed by atoms with Crippen molar-refractivity contribution in [3.63, 3.8) is 0 Å². The van der Waals surface area contributed by atoms with Gasteiger partial charge in [-0.05, 0) is 27.7 Å². The molecule has 4 unspecified atom stereocenters. The standard InChI is InChI=1S/C20H30N2O6/c1-17(11-25-17)7-21(8-18(2)12-26-18)15(23)5-6-16(24)22(9-19(3)13-27-19)10-20(4)14-28-20/h5-6H,7-14H2,1-4H3/b6-5+. The van der Waals surface area contributed by atoms with Gasteiger partial charge in [-0.1, -0.05) is 0 Å². The molecule has 0 radical (unpaired) electrons. The molecule has 28 heavy (non-hydrogen) atoms. The monoisotopic (exact) mass is 394 g/mol. The fraction of sp³-hybridized carbons (Fsp3) is 0.800. The summed E-state index contributed by atoms with van der Waals surface area (Å²) >= 11 is 0. The normalized spacial score (nSPS) is 40.3. The molecule has 4 aliphatic heterocycles. The van der Waals surface area contributed by atoms with E-state index in [0.717, 1.165) is 0 Å². The van der Waals surface area contributed by atoms with Crippen molar-refractivity contribution in [2.45, 2.75) is 50.1 Å². The first kappa shape index (κ1) is 19.8. The van der Waals surface area contributed by atoms with E-state index in [9.17, 15) is 9.59 Å². The molecular weight excluding hydrogens is 364 g/mol. The summed E-state index contributed by atoms with van der Waals surface area (Å²) in [7, 11) is 0. The minimum atomic E-state index is -0.291. The molecule has 0 aromatic heterocycles. The first-order valence-electron chi connectivity index (χ1n) is 9.83. The average Bonchev–Trinajstić information content (AvgIpc) is 3.42. The lowest BCUT2D eigenvalue weighted by molar-refractivity contribution is -0.130. The van der Waals surface area contributed by atoms with E-state index in [1.165, 1.54) is 12.2 Å². The van der Waals surface area contributed by atoms with Crippen molar-refractivity contribution in [3.05, 3.63) is 12.2 Å². The van der Waals surface area contributed by atoms with Crippen LogP contribution < -0.4 is 0 Å². The van der Waals surface area contributed by atoms with Gasteiger partial charge in [0.1, 0.15) is 22.4 Å². The third kappa shape index (κ3) is 5.11. The lowest BCUT2D eigenvalue weighted by Gasteiger charge is -2.26. The number of amides is 2. The summed E-state index contributed by atoms with van der Waals surface area (Å²) in [5.74, 6) is -0.408. The van der Waals surface area contributed by atoms with Gasteiger partial charge in [-0.15, -0.1) is 0 Å². The zero-order chi connectivity index (χ0) is 20.2. The summed E-state index contributed by atoms with van der Waals surface area (Å²) in [6.07, 6.45) is 2.72. The molecule has 4 aliphatic rings. The second kappa shape index (κ2) is 6.52. The van der Waals surface area contributed by atoms with Gasteiger partial charge in [-0.3, -0.25) is 9.59 Å². The maximum Gasteiger partial charge on any atom is 0.246 e. The van der Waals surface area contributed by atoms with Crippen molar-refractivity contribution in [2.75, 3.05) is 52.6 Å². The van der Waals surface area contributed by atoms with Gasteiger partial charge in [0.2, 0.25) is 11.8 Å². The van der Waals surface area contributed by atoms with Crippen LogP contribution in [0.2, 0.25) is 0 Å². The maximum absolute atomic E-state index is 12.8. The van der Waals surface area contributed by atoms with Gasteiger partial charge < -0.3 is 28.7 Å². The molecule has 0 aliphatic carbocycles. The summed E-state index contributed by atoms with van der Waals surface area (Å²) < 4.78 is 21.7. The Hall–Kier alpha value is -1.48. The van der Waals surface area contributed by atoms with Gasteiger partial charge in [0.15, 0.2) is 0 Å².